The third kappa shape index (κ3) is 4.08. The van der Waals surface area contributed by atoms with Crippen LogP contribution < -0.4 is 0 Å². The second-order valence-electron chi connectivity index (χ2n) is 4.19. The Kier molecular flexibility index (Phi) is 5.45. The molecule has 1 saturated heterocycles. The van der Waals surface area contributed by atoms with E-state index in [2.05, 4.69) is 4.90 Å². The lowest BCUT2D eigenvalue weighted by Gasteiger charge is -2.26. The Bertz CT molecular complexity index is 427. The summed E-state index contributed by atoms with van der Waals surface area (Å²) in [6, 6.07) is 4.92. The molecule has 0 bridgehead atoms. The molecule has 0 aliphatic carbocycles. The van der Waals surface area contributed by atoms with Crippen molar-refractivity contribution in [2.24, 2.45) is 0 Å². The van der Waals surface area contributed by atoms with Gasteiger partial charge in [0.15, 0.2) is 0 Å². The number of carbonyl (C=O) groups is 1. The largest absolute Gasteiger partial charge is 0.461 e. The first kappa shape index (κ1) is 14.6. The van der Waals surface area contributed by atoms with E-state index in [1.54, 1.807) is 18.2 Å². The fourth-order valence-corrected chi connectivity index (χ4v) is 2.41. The van der Waals surface area contributed by atoms with Crippen LogP contribution in [0.25, 0.3) is 0 Å². The number of carbonyl (C=O) groups excluding carboxylic acids is 1. The van der Waals surface area contributed by atoms with Crippen molar-refractivity contribution in [1.82, 2.24) is 4.90 Å². The van der Waals surface area contributed by atoms with Crippen molar-refractivity contribution in [2.45, 2.75) is 0 Å². The minimum absolute atomic E-state index is 0.229. The van der Waals surface area contributed by atoms with Gasteiger partial charge in [-0.1, -0.05) is 29.3 Å². The van der Waals surface area contributed by atoms with Crippen LogP contribution in [-0.2, 0) is 9.47 Å². The van der Waals surface area contributed by atoms with E-state index in [4.69, 9.17) is 32.7 Å². The van der Waals surface area contributed by atoms with Gasteiger partial charge < -0.3 is 9.47 Å². The van der Waals surface area contributed by atoms with Crippen molar-refractivity contribution in [3.8, 4) is 0 Å². The van der Waals surface area contributed by atoms with Gasteiger partial charge in [0, 0.05) is 19.6 Å². The molecule has 0 saturated carbocycles. The number of nitrogens with zero attached hydrogens (tertiary/aromatic N) is 1. The topological polar surface area (TPSA) is 38.8 Å². The molecule has 104 valence electrons. The molecule has 1 fully saturated rings. The number of morpholine rings is 1. The quantitative estimate of drug-likeness (QED) is 0.801. The van der Waals surface area contributed by atoms with Crippen LogP contribution in [0.2, 0.25) is 10.0 Å². The molecule has 19 heavy (non-hydrogen) atoms. The van der Waals surface area contributed by atoms with Crippen molar-refractivity contribution in [3.05, 3.63) is 33.8 Å². The molecule has 2 rings (SSSR count). The van der Waals surface area contributed by atoms with Gasteiger partial charge in [-0.15, -0.1) is 0 Å². The fourth-order valence-electron chi connectivity index (χ4n) is 1.86. The van der Waals surface area contributed by atoms with Crippen LogP contribution >= 0.6 is 23.2 Å². The van der Waals surface area contributed by atoms with Gasteiger partial charge in [0.1, 0.15) is 6.61 Å². The number of rotatable bonds is 4. The molecular weight excluding hydrogens is 289 g/mol. The molecule has 1 heterocycles. The molecule has 4 nitrogen and oxygen atoms in total. The average Bonchev–Trinajstić information content (AvgIpc) is 2.40. The van der Waals surface area contributed by atoms with Gasteiger partial charge in [-0.2, -0.15) is 0 Å². The minimum atomic E-state index is -0.483. The Morgan fingerprint density at radius 1 is 1.26 bits per heavy atom. The van der Waals surface area contributed by atoms with E-state index in [0.29, 0.717) is 23.2 Å². The standard InChI is InChI=1S/C13H15Cl2NO3/c14-10-2-1-3-11(15)12(10)13(17)19-9-6-16-4-7-18-8-5-16/h1-3H,4-9H2. The highest BCUT2D eigenvalue weighted by Crippen LogP contribution is 2.24. The Morgan fingerprint density at radius 3 is 2.53 bits per heavy atom. The van der Waals surface area contributed by atoms with Gasteiger partial charge in [-0.05, 0) is 12.1 Å². The smallest absolute Gasteiger partial charge is 0.341 e. The molecule has 0 N–H and O–H groups in total. The van der Waals surface area contributed by atoms with E-state index >= 15 is 0 Å². The zero-order valence-corrected chi connectivity index (χ0v) is 11.9. The molecule has 0 spiro atoms. The zero-order chi connectivity index (χ0) is 13.7. The second kappa shape index (κ2) is 7.10. The Morgan fingerprint density at radius 2 is 1.89 bits per heavy atom. The first-order valence-electron chi connectivity index (χ1n) is 6.09. The molecule has 1 aliphatic rings. The predicted molar refractivity (Wildman–Crippen MR) is 74.0 cm³/mol. The summed E-state index contributed by atoms with van der Waals surface area (Å²) >= 11 is 11.9. The van der Waals surface area contributed by atoms with Crippen LogP contribution in [0.15, 0.2) is 18.2 Å². The van der Waals surface area contributed by atoms with Crippen molar-refractivity contribution in [1.29, 1.82) is 0 Å². The van der Waals surface area contributed by atoms with Crippen LogP contribution in [-0.4, -0.2) is 50.3 Å². The summed E-state index contributed by atoms with van der Waals surface area (Å²) in [7, 11) is 0. The third-order valence-electron chi connectivity index (χ3n) is 2.91. The first-order valence-corrected chi connectivity index (χ1v) is 6.85. The van der Waals surface area contributed by atoms with Crippen molar-refractivity contribution < 1.29 is 14.3 Å². The Balaban J connectivity index is 1.84. The monoisotopic (exact) mass is 303 g/mol. The van der Waals surface area contributed by atoms with E-state index in [1.165, 1.54) is 0 Å². The summed E-state index contributed by atoms with van der Waals surface area (Å²) in [5.41, 5.74) is 0.229. The van der Waals surface area contributed by atoms with E-state index in [1.807, 2.05) is 0 Å². The average molecular weight is 304 g/mol. The van der Waals surface area contributed by atoms with Gasteiger partial charge in [0.05, 0.1) is 28.8 Å². The number of esters is 1. The molecule has 0 radical (unpaired) electrons. The van der Waals surface area contributed by atoms with Crippen molar-refractivity contribution >= 4 is 29.2 Å². The number of ether oxygens (including phenoxy) is 2. The van der Waals surface area contributed by atoms with Crippen LogP contribution in [0.1, 0.15) is 10.4 Å². The van der Waals surface area contributed by atoms with Gasteiger partial charge in [0.25, 0.3) is 0 Å². The molecule has 1 aromatic rings. The molecule has 0 aromatic heterocycles. The van der Waals surface area contributed by atoms with E-state index in [-0.39, 0.29) is 5.56 Å². The van der Waals surface area contributed by atoms with Crippen LogP contribution in [0.3, 0.4) is 0 Å². The molecule has 0 amide bonds. The van der Waals surface area contributed by atoms with Crippen LogP contribution in [0.5, 0.6) is 0 Å². The van der Waals surface area contributed by atoms with E-state index in [9.17, 15) is 4.79 Å². The Labute approximate surface area is 122 Å². The maximum atomic E-state index is 11.9. The van der Waals surface area contributed by atoms with Crippen molar-refractivity contribution in [3.63, 3.8) is 0 Å². The van der Waals surface area contributed by atoms with Crippen molar-refractivity contribution in [2.75, 3.05) is 39.5 Å². The van der Waals surface area contributed by atoms with E-state index in [0.717, 1.165) is 26.3 Å². The van der Waals surface area contributed by atoms with Gasteiger partial charge >= 0.3 is 5.97 Å². The summed E-state index contributed by atoms with van der Waals surface area (Å²) in [4.78, 5) is 14.1. The zero-order valence-electron chi connectivity index (χ0n) is 10.4. The summed E-state index contributed by atoms with van der Waals surface area (Å²) < 4.78 is 10.4. The molecule has 1 aromatic carbocycles. The second-order valence-corrected chi connectivity index (χ2v) is 5.00. The number of hydrogen-bond acceptors (Lipinski definition) is 4. The van der Waals surface area contributed by atoms with E-state index < -0.39 is 5.97 Å². The number of halogens is 2. The lowest BCUT2D eigenvalue weighted by atomic mass is 10.2. The number of benzene rings is 1. The summed E-state index contributed by atoms with van der Waals surface area (Å²) in [5, 5.41) is 0.618. The first-order chi connectivity index (χ1) is 9.18. The van der Waals surface area contributed by atoms with Gasteiger partial charge in [0.2, 0.25) is 0 Å². The highest BCUT2D eigenvalue weighted by molar-refractivity contribution is 6.39. The normalized spacial score (nSPS) is 16.3. The molecule has 6 heteroatoms. The third-order valence-corrected chi connectivity index (χ3v) is 3.54. The molecule has 0 unspecified atom stereocenters. The fraction of sp³-hybridized carbons (Fsp3) is 0.462. The molecular formula is C13H15Cl2NO3. The maximum absolute atomic E-state index is 11.9. The lowest BCUT2D eigenvalue weighted by molar-refractivity contribution is 0.0196. The van der Waals surface area contributed by atoms with Gasteiger partial charge in [-0.3, -0.25) is 4.90 Å². The SMILES string of the molecule is O=C(OCCN1CCOCC1)c1c(Cl)cccc1Cl. The summed E-state index contributed by atoms with van der Waals surface area (Å²) in [5.74, 6) is -0.483. The highest BCUT2D eigenvalue weighted by Gasteiger charge is 2.16. The molecule has 0 atom stereocenters. The summed E-state index contributed by atoms with van der Waals surface area (Å²) in [6.45, 7) is 4.20. The molecule has 1 aliphatic heterocycles. The highest BCUT2D eigenvalue weighted by atomic mass is 35.5. The lowest BCUT2D eigenvalue weighted by Crippen LogP contribution is -2.38. The summed E-state index contributed by atoms with van der Waals surface area (Å²) in [6.07, 6.45) is 0. The van der Waals surface area contributed by atoms with Gasteiger partial charge in [-0.25, -0.2) is 4.79 Å². The maximum Gasteiger partial charge on any atom is 0.341 e. The number of hydrogen-bond donors (Lipinski definition) is 0. The van der Waals surface area contributed by atoms with Crippen LogP contribution in [0.4, 0.5) is 0 Å². The minimum Gasteiger partial charge on any atom is -0.461 e. The van der Waals surface area contributed by atoms with Crippen LogP contribution in [0, 0.1) is 0 Å². The Hall–Kier alpha value is -0.810. The predicted octanol–water partition coefficient (Wildman–Crippen LogP) is 2.48.